The zero-order valence-corrected chi connectivity index (χ0v) is 9.89. The summed E-state index contributed by atoms with van der Waals surface area (Å²) in [5.41, 5.74) is -0.897. The van der Waals surface area contributed by atoms with Gasteiger partial charge in [0.05, 0.1) is 5.52 Å². The van der Waals surface area contributed by atoms with Gasteiger partial charge in [-0.1, -0.05) is 6.92 Å². The van der Waals surface area contributed by atoms with E-state index in [2.05, 4.69) is 4.94 Å². The molecule has 0 aliphatic heterocycles. The summed E-state index contributed by atoms with van der Waals surface area (Å²) in [6.07, 6.45) is -4.15. The molecule has 2 aromatic rings. The van der Waals surface area contributed by atoms with E-state index >= 15 is 0 Å². The molecule has 104 valence electrons. The van der Waals surface area contributed by atoms with E-state index in [0.29, 0.717) is 12.5 Å². The molecule has 2 rings (SSSR count). The average molecular weight is 279 g/mol. The maximum Gasteiger partial charge on any atom is 0.431 e. The highest BCUT2D eigenvalue weighted by atomic mass is 19.4. The van der Waals surface area contributed by atoms with Crippen LogP contribution >= 0.6 is 0 Å². The van der Waals surface area contributed by atoms with Crippen molar-refractivity contribution in [3.8, 4) is 5.75 Å². The number of nitrogens with zero attached hydrogens (tertiary/aromatic N) is 1. The van der Waals surface area contributed by atoms with Crippen LogP contribution in [0, 0.1) is 5.82 Å². The number of fused-ring (bicyclic) bond motifs is 1. The van der Waals surface area contributed by atoms with Gasteiger partial charge in [0.25, 0.3) is 0 Å². The first-order valence-electron chi connectivity index (χ1n) is 5.57. The number of alkyl halides is 3. The maximum atomic E-state index is 13.7. The molecule has 0 aliphatic carbocycles. The van der Waals surface area contributed by atoms with Gasteiger partial charge in [-0.25, -0.2) is 4.39 Å². The Bertz CT molecular complexity index is 602. The lowest BCUT2D eigenvalue weighted by Gasteiger charge is -2.11. The van der Waals surface area contributed by atoms with Crippen LogP contribution in [0.15, 0.2) is 18.2 Å². The van der Waals surface area contributed by atoms with Crippen molar-refractivity contribution >= 4 is 10.9 Å². The van der Waals surface area contributed by atoms with Crippen molar-refractivity contribution in [2.45, 2.75) is 26.1 Å². The summed E-state index contributed by atoms with van der Waals surface area (Å²) in [5, 5.41) is -0.309. The van der Waals surface area contributed by atoms with Crippen LogP contribution in [-0.2, 0) is 12.7 Å². The van der Waals surface area contributed by atoms with Gasteiger partial charge in [0.2, 0.25) is 5.75 Å². The predicted molar refractivity (Wildman–Crippen MR) is 58.9 cm³/mol. The molecule has 19 heavy (non-hydrogen) atoms. The second kappa shape index (κ2) is 4.71. The Labute approximate surface area is 105 Å². The van der Waals surface area contributed by atoms with E-state index in [0.717, 1.165) is 10.6 Å². The van der Waals surface area contributed by atoms with Crippen molar-refractivity contribution in [3.05, 3.63) is 29.7 Å². The summed E-state index contributed by atoms with van der Waals surface area (Å²) in [7, 11) is 0. The second-order valence-electron chi connectivity index (χ2n) is 4.07. The Balaban J connectivity index is 2.76. The summed E-state index contributed by atoms with van der Waals surface area (Å²) < 4.78 is 65.4. The lowest BCUT2D eigenvalue weighted by molar-refractivity contribution is -0.143. The van der Waals surface area contributed by atoms with Crippen LogP contribution in [0.5, 0.6) is 5.75 Å². The Kier molecular flexibility index (Phi) is 3.38. The van der Waals surface area contributed by atoms with Crippen molar-refractivity contribution < 1.29 is 27.0 Å². The topological polar surface area (TPSA) is 14.2 Å². The minimum Gasteiger partial charge on any atom is -0.337 e. The monoisotopic (exact) mass is 279 g/mol. The number of benzene rings is 1. The standard InChI is InChI=1S/C12H10F5NO/c1-2-5-18-8-3-4-9(19-17)11(13)7(8)6-10(18)12(14,15)16/h3-4,6H,2,5H2,1H3. The molecule has 2 nitrogen and oxygen atoms in total. The van der Waals surface area contributed by atoms with Gasteiger partial charge in [-0.3, -0.25) is 4.94 Å². The van der Waals surface area contributed by atoms with Gasteiger partial charge in [-0.15, -0.1) is 0 Å². The molecule has 1 heterocycles. The zero-order chi connectivity index (χ0) is 14.2. The minimum absolute atomic E-state index is 0.0625. The van der Waals surface area contributed by atoms with Crippen LogP contribution < -0.4 is 4.94 Å². The molecule has 0 amide bonds. The van der Waals surface area contributed by atoms with E-state index < -0.39 is 23.4 Å². The molecule has 0 spiro atoms. The van der Waals surface area contributed by atoms with E-state index in [1.165, 1.54) is 6.07 Å². The quantitative estimate of drug-likeness (QED) is 0.756. The van der Waals surface area contributed by atoms with E-state index in [1.807, 2.05) is 0 Å². The fraction of sp³-hybridized carbons (Fsp3) is 0.333. The molecule has 1 aromatic heterocycles. The summed E-state index contributed by atoms with van der Waals surface area (Å²) in [6, 6.07) is 2.84. The van der Waals surface area contributed by atoms with Crippen LogP contribution in [0.4, 0.5) is 22.1 Å². The third kappa shape index (κ3) is 2.24. The van der Waals surface area contributed by atoms with Crippen molar-refractivity contribution in [1.29, 1.82) is 0 Å². The molecule has 1 aromatic carbocycles. The smallest absolute Gasteiger partial charge is 0.337 e. The van der Waals surface area contributed by atoms with Gasteiger partial charge in [0.15, 0.2) is 5.82 Å². The molecular weight excluding hydrogens is 269 g/mol. The number of aryl methyl sites for hydroxylation is 1. The third-order valence-electron chi connectivity index (χ3n) is 2.80. The first-order chi connectivity index (χ1) is 8.90. The van der Waals surface area contributed by atoms with Gasteiger partial charge >= 0.3 is 6.18 Å². The molecule has 0 atom stereocenters. The Morgan fingerprint density at radius 1 is 1.26 bits per heavy atom. The Morgan fingerprint density at radius 3 is 2.47 bits per heavy atom. The molecule has 7 heteroatoms. The SMILES string of the molecule is CCCn1c(C(F)(F)F)cc2c(F)c(OF)ccc21. The third-order valence-corrected chi connectivity index (χ3v) is 2.80. The molecule has 0 aliphatic rings. The van der Waals surface area contributed by atoms with Crippen molar-refractivity contribution in [2.24, 2.45) is 0 Å². The maximum absolute atomic E-state index is 13.7. The molecule has 0 fully saturated rings. The number of hydrogen-bond acceptors (Lipinski definition) is 1. The lowest BCUT2D eigenvalue weighted by Crippen LogP contribution is -2.13. The van der Waals surface area contributed by atoms with E-state index in [9.17, 15) is 22.1 Å². The number of hydrogen-bond donors (Lipinski definition) is 0. The lowest BCUT2D eigenvalue weighted by atomic mass is 10.2. The number of aromatic nitrogens is 1. The summed E-state index contributed by atoms with van der Waals surface area (Å²) in [4.78, 5) is 3.28. The largest absolute Gasteiger partial charge is 0.431 e. The Morgan fingerprint density at radius 2 is 1.95 bits per heavy atom. The van der Waals surface area contributed by atoms with Crippen LogP contribution in [0.1, 0.15) is 19.0 Å². The zero-order valence-electron chi connectivity index (χ0n) is 9.89. The van der Waals surface area contributed by atoms with Crippen molar-refractivity contribution in [1.82, 2.24) is 4.57 Å². The van der Waals surface area contributed by atoms with Gasteiger partial charge < -0.3 is 4.57 Å². The number of rotatable bonds is 3. The van der Waals surface area contributed by atoms with Crippen molar-refractivity contribution in [3.63, 3.8) is 0 Å². The summed E-state index contributed by atoms with van der Waals surface area (Å²) >= 11 is 0. The van der Waals surface area contributed by atoms with Crippen molar-refractivity contribution in [2.75, 3.05) is 0 Å². The minimum atomic E-state index is -4.60. The first kappa shape index (κ1) is 13.6. The van der Waals surface area contributed by atoms with E-state index in [4.69, 9.17) is 0 Å². The molecule has 0 radical (unpaired) electrons. The van der Waals surface area contributed by atoms with E-state index in [-0.39, 0.29) is 17.4 Å². The van der Waals surface area contributed by atoms with Gasteiger partial charge in [0, 0.05) is 16.5 Å². The molecular formula is C12H10F5NO. The van der Waals surface area contributed by atoms with Gasteiger partial charge in [0.1, 0.15) is 5.69 Å². The van der Waals surface area contributed by atoms with Crippen LogP contribution in [0.3, 0.4) is 0 Å². The van der Waals surface area contributed by atoms with Crippen LogP contribution in [0.2, 0.25) is 0 Å². The predicted octanol–water partition coefficient (Wildman–Crippen LogP) is 4.47. The van der Waals surface area contributed by atoms with E-state index in [1.54, 1.807) is 6.92 Å². The van der Waals surface area contributed by atoms with Crippen LogP contribution in [0.25, 0.3) is 10.9 Å². The number of halogens is 5. The highest BCUT2D eigenvalue weighted by molar-refractivity contribution is 5.84. The fourth-order valence-corrected chi connectivity index (χ4v) is 2.04. The van der Waals surface area contributed by atoms with Gasteiger partial charge in [-0.05, 0) is 24.6 Å². The normalized spacial score (nSPS) is 12.1. The average Bonchev–Trinajstić information content (AvgIpc) is 2.70. The molecule has 0 bridgehead atoms. The molecule has 0 unspecified atom stereocenters. The Hall–Kier alpha value is -1.79. The summed E-state index contributed by atoms with van der Waals surface area (Å²) in [5.74, 6) is -1.87. The summed E-state index contributed by atoms with van der Waals surface area (Å²) in [6.45, 7) is 1.80. The fourth-order valence-electron chi connectivity index (χ4n) is 2.04. The molecule has 0 saturated carbocycles. The molecule has 0 N–H and O–H groups in total. The van der Waals surface area contributed by atoms with Gasteiger partial charge in [-0.2, -0.15) is 13.2 Å². The highest BCUT2D eigenvalue weighted by Crippen LogP contribution is 2.37. The molecule has 0 saturated heterocycles. The van der Waals surface area contributed by atoms with Crippen LogP contribution in [-0.4, -0.2) is 4.57 Å². The highest BCUT2D eigenvalue weighted by Gasteiger charge is 2.36. The first-order valence-corrected chi connectivity index (χ1v) is 5.57. The second-order valence-corrected chi connectivity index (χ2v) is 4.07.